The minimum atomic E-state index is -6.45. The number of hydrogen-bond acceptors (Lipinski definition) is 2. The maximum absolute atomic E-state index is 12.4. The smallest absolute Gasteiger partial charge is 0.281 e. The van der Waals surface area contributed by atoms with Crippen molar-refractivity contribution in [1.82, 2.24) is 0 Å². The molecule has 0 saturated heterocycles. The van der Waals surface area contributed by atoms with Crippen LogP contribution in [0.5, 0.6) is 0 Å². The molecule has 0 spiro atoms. The van der Waals surface area contributed by atoms with Gasteiger partial charge in [0.15, 0.2) is 0 Å². The molecule has 0 unspecified atom stereocenters. The molecule has 3 nitrogen and oxygen atoms in total. The first-order valence-corrected chi connectivity index (χ1v) is 5.52. The second-order valence-electron chi connectivity index (χ2n) is 2.49. The van der Waals surface area contributed by atoms with Gasteiger partial charge in [-0.2, -0.15) is 34.8 Å². The molecule has 0 radical (unpaired) electrons. The zero-order valence-corrected chi connectivity index (χ0v) is 9.50. The second kappa shape index (κ2) is 3.91. The third-order valence-electron chi connectivity index (χ3n) is 1.17. The number of halogens is 7. The van der Waals surface area contributed by atoms with E-state index >= 15 is 0 Å². The van der Waals surface area contributed by atoms with Crippen LogP contribution < -0.4 is 0 Å². The van der Waals surface area contributed by atoms with Crippen LogP contribution in [0.3, 0.4) is 0 Å². The fourth-order valence-electron chi connectivity index (χ4n) is 0.543. The van der Waals surface area contributed by atoms with Crippen molar-refractivity contribution in [2.24, 2.45) is 0 Å². The predicted molar refractivity (Wildman–Crippen MR) is 45.0 cm³/mol. The summed E-state index contributed by atoms with van der Waals surface area (Å²) in [4.78, 5) is 0. The summed E-state index contributed by atoms with van der Waals surface area (Å²) in [5.41, 5.74) is 0. The molecule has 0 aliphatic rings. The van der Waals surface area contributed by atoms with Gasteiger partial charge in [0.25, 0.3) is 0 Å². The zero-order chi connectivity index (χ0) is 12.7. The summed E-state index contributed by atoms with van der Waals surface area (Å²) in [6.45, 7) is 0. The zero-order valence-electron chi connectivity index (χ0n) is 6.52. The van der Waals surface area contributed by atoms with Gasteiger partial charge >= 0.3 is 25.2 Å². The van der Waals surface area contributed by atoms with Crippen LogP contribution in [0.15, 0.2) is 0 Å². The SMILES string of the molecule is O=S(=O)(O)C(F)(F)C(F)(F)CC(F)(F)I. The number of alkyl halides is 7. The predicted octanol–water partition coefficient (Wildman–Crippen LogP) is 2.52. The van der Waals surface area contributed by atoms with E-state index in [9.17, 15) is 34.8 Å². The Morgan fingerprint density at radius 1 is 1.07 bits per heavy atom. The van der Waals surface area contributed by atoms with Crippen molar-refractivity contribution < 1.29 is 39.3 Å². The summed E-state index contributed by atoms with van der Waals surface area (Å²) in [6, 6.07) is 0. The Morgan fingerprint density at radius 3 is 1.60 bits per heavy atom. The van der Waals surface area contributed by atoms with Crippen molar-refractivity contribution in [2.75, 3.05) is 0 Å². The van der Waals surface area contributed by atoms with E-state index < -0.39 is 31.6 Å². The van der Waals surface area contributed by atoms with Gasteiger partial charge in [0.1, 0.15) is 0 Å². The van der Waals surface area contributed by atoms with Gasteiger partial charge in [-0.1, -0.05) is 0 Å². The van der Waals surface area contributed by atoms with E-state index in [-0.39, 0.29) is 22.6 Å². The maximum atomic E-state index is 12.4. The summed E-state index contributed by atoms with van der Waals surface area (Å²) in [7, 11) is -6.45. The lowest BCUT2D eigenvalue weighted by atomic mass is 10.2. The van der Waals surface area contributed by atoms with Gasteiger partial charge in [-0.15, -0.1) is 0 Å². The van der Waals surface area contributed by atoms with E-state index in [1.165, 1.54) is 0 Å². The molecular weight excluding hydrogens is 369 g/mol. The Balaban J connectivity index is 5.21. The first kappa shape index (κ1) is 15.2. The Kier molecular flexibility index (Phi) is 3.96. The maximum Gasteiger partial charge on any atom is 0.431 e. The Labute approximate surface area is 93.7 Å². The van der Waals surface area contributed by atoms with Gasteiger partial charge in [-0.3, -0.25) is 4.55 Å². The van der Waals surface area contributed by atoms with Crippen LogP contribution in [-0.4, -0.2) is 28.1 Å². The molecule has 0 aliphatic heterocycles. The highest BCUT2D eigenvalue weighted by atomic mass is 127. The minimum Gasteiger partial charge on any atom is -0.281 e. The molecule has 0 fully saturated rings. The number of hydrogen-bond donors (Lipinski definition) is 1. The van der Waals surface area contributed by atoms with Gasteiger partial charge in [0, 0.05) is 0 Å². The average molecular weight is 372 g/mol. The lowest BCUT2D eigenvalue weighted by molar-refractivity contribution is -0.182. The van der Waals surface area contributed by atoms with E-state index in [1.54, 1.807) is 0 Å². The Morgan fingerprint density at radius 2 is 1.40 bits per heavy atom. The summed E-state index contributed by atoms with van der Waals surface area (Å²) in [5, 5.41) is -5.95. The fourth-order valence-corrected chi connectivity index (χ4v) is 1.47. The molecule has 0 aromatic heterocycles. The molecule has 92 valence electrons. The molecule has 1 N–H and O–H groups in total. The molecule has 15 heavy (non-hydrogen) atoms. The van der Waals surface area contributed by atoms with Crippen molar-refractivity contribution in [2.45, 2.75) is 21.5 Å². The summed E-state index contributed by atoms with van der Waals surface area (Å²) in [6.07, 6.45) is -2.70. The Bertz CT molecular complexity index is 333. The average Bonchev–Trinajstić information content (AvgIpc) is 1.77. The molecule has 0 saturated carbocycles. The van der Waals surface area contributed by atoms with E-state index in [2.05, 4.69) is 0 Å². The monoisotopic (exact) mass is 372 g/mol. The van der Waals surface area contributed by atoms with Crippen LogP contribution in [-0.2, 0) is 10.1 Å². The molecule has 0 rings (SSSR count). The van der Waals surface area contributed by atoms with Crippen LogP contribution in [0, 0.1) is 0 Å². The van der Waals surface area contributed by atoms with Crippen LogP contribution in [0.1, 0.15) is 6.42 Å². The minimum absolute atomic E-state index is 0.147. The molecule has 0 aromatic carbocycles. The molecular formula is C4H3F6IO3S. The lowest BCUT2D eigenvalue weighted by Gasteiger charge is -2.25. The van der Waals surface area contributed by atoms with Gasteiger partial charge in [-0.05, 0) is 22.6 Å². The second-order valence-corrected chi connectivity index (χ2v) is 5.53. The van der Waals surface area contributed by atoms with Crippen LogP contribution in [0.25, 0.3) is 0 Å². The topological polar surface area (TPSA) is 54.4 Å². The quantitative estimate of drug-likeness (QED) is 0.357. The molecule has 0 amide bonds. The van der Waals surface area contributed by atoms with E-state index in [1.807, 2.05) is 0 Å². The van der Waals surface area contributed by atoms with Crippen LogP contribution in [0.2, 0.25) is 0 Å². The molecule has 0 aromatic rings. The van der Waals surface area contributed by atoms with Crippen molar-refractivity contribution in [3.8, 4) is 0 Å². The van der Waals surface area contributed by atoms with Crippen molar-refractivity contribution in [3.05, 3.63) is 0 Å². The van der Waals surface area contributed by atoms with E-state index in [4.69, 9.17) is 4.55 Å². The molecule has 0 heterocycles. The van der Waals surface area contributed by atoms with Crippen molar-refractivity contribution in [3.63, 3.8) is 0 Å². The highest BCUT2D eigenvalue weighted by Gasteiger charge is 2.67. The van der Waals surface area contributed by atoms with Gasteiger partial charge in [-0.25, -0.2) is 0 Å². The van der Waals surface area contributed by atoms with Crippen LogP contribution >= 0.6 is 22.6 Å². The van der Waals surface area contributed by atoms with E-state index in [0.717, 1.165) is 0 Å². The van der Waals surface area contributed by atoms with Crippen molar-refractivity contribution >= 4 is 32.7 Å². The summed E-state index contributed by atoms with van der Waals surface area (Å²) >= 11 is 0.147. The first-order chi connectivity index (χ1) is 6.21. The molecule has 11 heteroatoms. The van der Waals surface area contributed by atoms with Gasteiger partial charge < -0.3 is 0 Å². The molecule has 0 bridgehead atoms. The first-order valence-electron chi connectivity index (χ1n) is 3.00. The standard InChI is InChI=1S/C4H3F6IO3S/c5-2(6,1-3(7,8)11)4(9,10)15(12,13)14/h1H2,(H,12,13,14). The molecule has 0 atom stereocenters. The lowest BCUT2D eigenvalue weighted by Crippen LogP contribution is -2.48. The molecule has 0 aliphatic carbocycles. The third-order valence-corrected chi connectivity index (χ3v) is 2.50. The summed E-state index contributed by atoms with van der Waals surface area (Å²) < 4.78 is 96.8. The van der Waals surface area contributed by atoms with E-state index in [0.29, 0.717) is 0 Å². The highest BCUT2D eigenvalue weighted by molar-refractivity contribution is 14.1. The van der Waals surface area contributed by atoms with Gasteiger partial charge in [0.2, 0.25) is 0 Å². The Hall–Kier alpha value is 0.220. The summed E-state index contributed by atoms with van der Waals surface area (Å²) in [5.74, 6) is -5.56. The van der Waals surface area contributed by atoms with Crippen molar-refractivity contribution in [1.29, 1.82) is 0 Å². The largest absolute Gasteiger partial charge is 0.431 e. The third kappa shape index (κ3) is 3.62. The fraction of sp³-hybridized carbons (Fsp3) is 1.00. The number of rotatable bonds is 4. The van der Waals surface area contributed by atoms with Gasteiger partial charge in [0.05, 0.1) is 6.42 Å². The highest BCUT2D eigenvalue weighted by Crippen LogP contribution is 2.46. The normalized spacial score (nSPS) is 15.5. The van der Waals surface area contributed by atoms with Crippen LogP contribution in [0.4, 0.5) is 26.3 Å².